The van der Waals surface area contributed by atoms with E-state index in [9.17, 15) is 9.59 Å². The molecule has 0 bridgehead atoms. The molecule has 0 saturated heterocycles. The lowest BCUT2D eigenvalue weighted by atomic mass is 10.1. The van der Waals surface area contributed by atoms with E-state index in [0.29, 0.717) is 13.2 Å². The van der Waals surface area contributed by atoms with Gasteiger partial charge in [-0.2, -0.15) is 0 Å². The quantitative estimate of drug-likeness (QED) is 0.0632. The average Bonchev–Trinajstić information content (AvgIpc) is 2.88. The lowest BCUT2D eigenvalue weighted by Gasteiger charge is -2.06. The molecular weight excluding hydrogens is 448 g/mol. The molecular formula is C32H58O4. The Hall–Kier alpha value is -1.58. The smallest absolute Gasteiger partial charge is 0.306 e. The van der Waals surface area contributed by atoms with Gasteiger partial charge in [0.25, 0.3) is 0 Å². The van der Waals surface area contributed by atoms with Crippen LogP contribution in [0.4, 0.5) is 0 Å². The van der Waals surface area contributed by atoms with Crippen molar-refractivity contribution >= 4 is 11.9 Å². The van der Waals surface area contributed by atoms with Crippen LogP contribution in [0.1, 0.15) is 155 Å². The zero-order valence-electron chi connectivity index (χ0n) is 23.9. The number of esters is 2. The number of rotatable bonds is 27. The fourth-order valence-electron chi connectivity index (χ4n) is 4.01. The predicted octanol–water partition coefficient (Wildman–Crippen LogP) is 9.81. The summed E-state index contributed by atoms with van der Waals surface area (Å²) in [4.78, 5) is 23.6. The fraction of sp³-hybridized carbons (Fsp3) is 0.812. The third kappa shape index (κ3) is 28.7. The van der Waals surface area contributed by atoms with Gasteiger partial charge >= 0.3 is 11.9 Å². The van der Waals surface area contributed by atoms with E-state index in [-0.39, 0.29) is 24.8 Å². The van der Waals surface area contributed by atoms with Crippen LogP contribution < -0.4 is 0 Å². The molecule has 0 unspecified atom stereocenters. The summed E-state index contributed by atoms with van der Waals surface area (Å²) < 4.78 is 10.5. The monoisotopic (exact) mass is 506 g/mol. The highest BCUT2D eigenvalue weighted by atomic mass is 16.5. The van der Waals surface area contributed by atoms with Crippen molar-refractivity contribution < 1.29 is 19.1 Å². The van der Waals surface area contributed by atoms with Crippen molar-refractivity contribution in [2.45, 2.75) is 155 Å². The van der Waals surface area contributed by atoms with E-state index >= 15 is 0 Å². The zero-order chi connectivity index (χ0) is 26.4. The van der Waals surface area contributed by atoms with Gasteiger partial charge in [-0.3, -0.25) is 9.59 Å². The Morgan fingerprint density at radius 3 is 1.11 bits per heavy atom. The first-order valence-corrected chi connectivity index (χ1v) is 15.3. The minimum atomic E-state index is -0.292. The summed E-state index contributed by atoms with van der Waals surface area (Å²) in [7, 11) is 0. The highest BCUT2D eigenvalue weighted by Crippen LogP contribution is 2.09. The van der Waals surface area contributed by atoms with Gasteiger partial charge in [0.2, 0.25) is 0 Å². The largest absolute Gasteiger partial charge is 0.466 e. The van der Waals surface area contributed by atoms with Gasteiger partial charge in [-0.05, 0) is 64.2 Å². The molecule has 0 aliphatic rings. The minimum Gasteiger partial charge on any atom is -0.466 e. The van der Waals surface area contributed by atoms with Gasteiger partial charge in [-0.1, -0.05) is 102 Å². The Morgan fingerprint density at radius 1 is 0.444 bits per heavy atom. The fourth-order valence-corrected chi connectivity index (χ4v) is 4.01. The van der Waals surface area contributed by atoms with E-state index in [0.717, 1.165) is 25.7 Å². The van der Waals surface area contributed by atoms with Crippen LogP contribution >= 0.6 is 0 Å². The molecule has 0 aliphatic carbocycles. The molecule has 36 heavy (non-hydrogen) atoms. The molecule has 4 nitrogen and oxygen atoms in total. The second kappa shape index (κ2) is 29.6. The molecule has 0 fully saturated rings. The number of hydrogen-bond acceptors (Lipinski definition) is 4. The minimum absolute atomic E-state index is 0.120. The average molecular weight is 507 g/mol. The maximum absolute atomic E-state index is 11.8. The first-order valence-electron chi connectivity index (χ1n) is 15.3. The van der Waals surface area contributed by atoms with Crippen molar-refractivity contribution in [1.29, 1.82) is 0 Å². The summed E-state index contributed by atoms with van der Waals surface area (Å²) in [5.74, 6) is -0.584. The molecule has 0 radical (unpaired) electrons. The summed E-state index contributed by atoms with van der Waals surface area (Å²) in [6.45, 7) is 5.39. The van der Waals surface area contributed by atoms with E-state index in [2.05, 4.69) is 38.2 Å². The maximum atomic E-state index is 11.8. The molecule has 0 N–H and O–H groups in total. The number of allylic oxidation sites excluding steroid dienone is 4. The van der Waals surface area contributed by atoms with Crippen molar-refractivity contribution in [3.8, 4) is 0 Å². The Kier molecular flexibility index (Phi) is 28.3. The predicted molar refractivity (Wildman–Crippen MR) is 153 cm³/mol. The summed E-state index contributed by atoms with van der Waals surface area (Å²) >= 11 is 0. The summed E-state index contributed by atoms with van der Waals surface area (Å²) in [5, 5.41) is 0. The SMILES string of the molecule is CCCCC/C=C/CCCCCCCOC(=O)CCC(=O)OCCCCCCC/C=C/CCCCC. The van der Waals surface area contributed by atoms with Gasteiger partial charge in [0.15, 0.2) is 0 Å². The van der Waals surface area contributed by atoms with Gasteiger partial charge in [0, 0.05) is 0 Å². The van der Waals surface area contributed by atoms with Gasteiger partial charge in [0.1, 0.15) is 0 Å². The first kappa shape index (κ1) is 34.4. The van der Waals surface area contributed by atoms with Crippen LogP contribution in [0.3, 0.4) is 0 Å². The standard InChI is InChI=1S/C32H58O4/c1-3-5-7-9-11-13-15-17-19-21-23-25-29-35-31(33)27-28-32(34)36-30-26-24-22-20-18-16-14-12-10-8-6-4-2/h11-14H,3-10,15-30H2,1-2H3/b13-11+,14-12+. The summed E-state index contributed by atoms with van der Waals surface area (Å²) in [6.07, 6.45) is 33.4. The van der Waals surface area contributed by atoms with Gasteiger partial charge in [-0.15, -0.1) is 0 Å². The van der Waals surface area contributed by atoms with E-state index in [4.69, 9.17) is 9.47 Å². The van der Waals surface area contributed by atoms with Gasteiger partial charge in [-0.25, -0.2) is 0 Å². The number of hydrogen-bond donors (Lipinski definition) is 0. The van der Waals surface area contributed by atoms with Crippen LogP contribution in [0.15, 0.2) is 24.3 Å². The molecule has 0 aromatic heterocycles. The lowest BCUT2D eigenvalue weighted by molar-refractivity contribution is -0.150. The van der Waals surface area contributed by atoms with Crippen molar-refractivity contribution in [2.24, 2.45) is 0 Å². The maximum Gasteiger partial charge on any atom is 0.306 e. The number of carbonyl (C=O) groups excluding carboxylic acids is 2. The Morgan fingerprint density at radius 2 is 0.750 bits per heavy atom. The highest BCUT2D eigenvalue weighted by molar-refractivity contribution is 5.77. The first-order chi connectivity index (χ1) is 17.7. The third-order valence-electron chi connectivity index (χ3n) is 6.37. The van der Waals surface area contributed by atoms with Crippen LogP contribution in [0.2, 0.25) is 0 Å². The van der Waals surface area contributed by atoms with Gasteiger partial charge in [0.05, 0.1) is 26.1 Å². The van der Waals surface area contributed by atoms with Crippen LogP contribution in [0.5, 0.6) is 0 Å². The molecule has 0 aromatic carbocycles. The molecule has 0 aromatic rings. The molecule has 210 valence electrons. The van der Waals surface area contributed by atoms with Crippen LogP contribution in [0, 0.1) is 0 Å². The van der Waals surface area contributed by atoms with Crippen molar-refractivity contribution in [1.82, 2.24) is 0 Å². The van der Waals surface area contributed by atoms with E-state index in [1.807, 2.05) is 0 Å². The second-order valence-electron chi connectivity index (χ2n) is 9.99. The molecule has 4 heteroatoms. The zero-order valence-corrected chi connectivity index (χ0v) is 23.9. The highest BCUT2D eigenvalue weighted by Gasteiger charge is 2.09. The van der Waals surface area contributed by atoms with E-state index in [1.165, 1.54) is 103 Å². The lowest BCUT2D eigenvalue weighted by Crippen LogP contribution is -2.11. The molecule has 0 rings (SSSR count). The third-order valence-corrected chi connectivity index (χ3v) is 6.37. The van der Waals surface area contributed by atoms with Crippen molar-refractivity contribution in [3.05, 3.63) is 24.3 Å². The molecule has 0 amide bonds. The Bertz CT molecular complexity index is 490. The molecule has 0 aliphatic heterocycles. The van der Waals surface area contributed by atoms with E-state index < -0.39 is 0 Å². The normalized spacial score (nSPS) is 11.5. The van der Waals surface area contributed by atoms with Crippen molar-refractivity contribution in [2.75, 3.05) is 13.2 Å². The summed E-state index contributed by atoms with van der Waals surface area (Å²) in [5.41, 5.74) is 0. The van der Waals surface area contributed by atoms with Crippen LogP contribution in [0.25, 0.3) is 0 Å². The van der Waals surface area contributed by atoms with Gasteiger partial charge < -0.3 is 9.47 Å². The van der Waals surface area contributed by atoms with Crippen LogP contribution in [-0.2, 0) is 19.1 Å². The van der Waals surface area contributed by atoms with E-state index in [1.54, 1.807) is 0 Å². The molecule has 0 heterocycles. The Balaban J connectivity index is 3.36. The number of ether oxygens (including phenoxy) is 2. The number of unbranched alkanes of at least 4 members (excludes halogenated alkanes) is 16. The summed E-state index contributed by atoms with van der Waals surface area (Å²) in [6, 6.07) is 0. The molecule has 0 saturated carbocycles. The molecule has 0 atom stereocenters. The second-order valence-corrected chi connectivity index (χ2v) is 9.99. The van der Waals surface area contributed by atoms with Crippen LogP contribution in [-0.4, -0.2) is 25.2 Å². The topological polar surface area (TPSA) is 52.6 Å². The van der Waals surface area contributed by atoms with Crippen molar-refractivity contribution in [3.63, 3.8) is 0 Å². The molecule has 0 spiro atoms. The number of carbonyl (C=O) groups is 2. The Labute approximate surface area is 223 Å².